The average molecular weight is 315 g/mol. The highest BCUT2D eigenvalue weighted by atomic mass is 35.5. The minimum absolute atomic E-state index is 0.122. The van der Waals surface area contributed by atoms with E-state index < -0.39 is 10.8 Å². The van der Waals surface area contributed by atoms with Crippen LogP contribution in [-0.4, -0.2) is 11.6 Å². The summed E-state index contributed by atoms with van der Waals surface area (Å²) in [5.41, 5.74) is -0.507. The number of benzene rings is 1. The molecule has 0 bridgehead atoms. The first-order valence-corrected chi connectivity index (χ1v) is 7.20. The molecule has 20 heavy (non-hydrogen) atoms. The second-order valence-electron chi connectivity index (χ2n) is 6.97. The van der Waals surface area contributed by atoms with E-state index in [-0.39, 0.29) is 21.6 Å². The van der Waals surface area contributed by atoms with E-state index in [1.54, 1.807) is 0 Å². The Morgan fingerprint density at radius 3 is 1.20 bits per heavy atom. The predicted molar refractivity (Wildman–Crippen MR) is 84.0 cm³/mol. The molecule has 2 nitrogen and oxygen atoms in total. The lowest BCUT2D eigenvalue weighted by atomic mass is 9.79. The Kier molecular flexibility index (Phi) is 4.72. The van der Waals surface area contributed by atoms with E-state index in [4.69, 9.17) is 23.2 Å². The molecule has 4 heteroatoms. The van der Waals surface area contributed by atoms with E-state index in [2.05, 4.69) is 0 Å². The molecule has 0 fully saturated rings. The molecule has 110 valence electrons. The van der Waals surface area contributed by atoms with Gasteiger partial charge < -0.3 is 0 Å². The van der Waals surface area contributed by atoms with Crippen molar-refractivity contribution in [3.8, 4) is 0 Å². The number of carbonyl (C=O) groups excluding carboxylic acids is 2. The molecule has 0 radical (unpaired) electrons. The maximum atomic E-state index is 12.5. The largest absolute Gasteiger partial charge is 0.294 e. The summed E-state index contributed by atoms with van der Waals surface area (Å²) in [5.74, 6) is -0.243. The molecule has 1 aromatic rings. The number of carbonyl (C=O) groups is 2. The summed E-state index contributed by atoms with van der Waals surface area (Å²) in [6.45, 7) is 10.9. The zero-order chi connectivity index (χ0) is 15.9. The summed E-state index contributed by atoms with van der Waals surface area (Å²) < 4.78 is 0. The van der Waals surface area contributed by atoms with Crippen molar-refractivity contribution in [3.05, 3.63) is 33.3 Å². The van der Waals surface area contributed by atoms with Crippen LogP contribution in [0.5, 0.6) is 0 Å². The van der Waals surface area contributed by atoms with Gasteiger partial charge in [-0.05, 0) is 12.1 Å². The Hall–Kier alpha value is -0.860. The van der Waals surface area contributed by atoms with E-state index >= 15 is 0 Å². The zero-order valence-corrected chi connectivity index (χ0v) is 14.2. The predicted octanol–water partition coefficient (Wildman–Crippen LogP) is 5.45. The molecular formula is C16H20Cl2O2. The van der Waals surface area contributed by atoms with E-state index in [0.717, 1.165) is 0 Å². The molecule has 0 saturated carbocycles. The molecule has 0 saturated heterocycles. The highest BCUT2D eigenvalue weighted by Crippen LogP contribution is 2.33. The molecule has 0 atom stereocenters. The van der Waals surface area contributed by atoms with E-state index in [1.165, 1.54) is 12.1 Å². The molecule has 0 heterocycles. The molecule has 0 N–H and O–H groups in total. The van der Waals surface area contributed by atoms with Crippen LogP contribution in [-0.2, 0) is 0 Å². The highest BCUT2D eigenvalue weighted by Gasteiger charge is 2.32. The van der Waals surface area contributed by atoms with Gasteiger partial charge in [0.15, 0.2) is 11.6 Å². The van der Waals surface area contributed by atoms with Gasteiger partial charge in [-0.1, -0.05) is 64.7 Å². The Balaban J connectivity index is 3.55. The van der Waals surface area contributed by atoms with Crippen LogP contribution in [0.15, 0.2) is 12.1 Å². The van der Waals surface area contributed by atoms with E-state index in [1.807, 2.05) is 41.5 Å². The summed E-state index contributed by atoms with van der Waals surface area (Å²) in [7, 11) is 0. The minimum Gasteiger partial charge on any atom is -0.294 e. The molecule has 1 rings (SSSR count). The van der Waals surface area contributed by atoms with Crippen molar-refractivity contribution in [2.45, 2.75) is 41.5 Å². The Bertz CT molecular complexity index is 510. The summed E-state index contributed by atoms with van der Waals surface area (Å²) in [6, 6.07) is 2.99. The summed E-state index contributed by atoms with van der Waals surface area (Å²) in [4.78, 5) is 25.1. The van der Waals surface area contributed by atoms with Crippen molar-refractivity contribution in [2.24, 2.45) is 10.8 Å². The number of ketones is 2. The molecule has 0 amide bonds. The Labute approximate surface area is 130 Å². The van der Waals surface area contributed by atoms with Crippen LogP contribution in [0.25, 0.3) is 0 Å². The summed E-state index contributed by atoms with van der Waals surface area (Å²) in [5, 5.41) is 0.564. The number of hydrogen-bond acceptors (Lipinski definition) is 2. The van der Waals surface area contributed by atoms with Crippen LogP contribution >= 0.6 is 23.2 Å². The molecule has 0 aliphatic heterocycles. The minimum atomic E-state index is -0.593. The van der Waals surface area contributed by atoms with Gasteiger partial charge in [0, 0.05) is 22.0 Å². The van der Waals surface area contributed by atoms with Gasteiger partial charge in [-0.15, -0.1) is 0 Å². The van der Waals surface area contributed by atoms with Gasteiger partial charge in [0.1, 0.15) is 0 Å². The van der Waals surface area contributed by atoms with E-state index in [0.29, 0.717) is 11.1 Å². The number of halogens is 2. The van der Waals surface area contributed by atoms with Crippen molar-refractivity contribution in [3.63, 3.8) is 0 Å². The number of hydrogen-bond donors (Lipinski definition) is 0. The van der Waals surface area contributed by atoms with E-state index in [9.17, 15) is 9.59 Å². The molecule has 0 spiro atoms. The molecule has 0 aliphatic rings. The first-order chi connectivity index (χ1) is 8.85. The first kappa shape index (κ1) is 17.2. The van der Waals surface area contributed by atoms with Gasteiger partial charge in [-0.2, -0.15) is 0 Å². The lowest BCUT2D eigenvalue weighted by molar-refractivity contribution is 0.0823. The van der Waals surface area contributed by atoms with Crippen LogP contribution in [0.3, 0.4) is 0 Å². The summed E-state index contributed by atoms with van der Waals surface area (Å²) in [6.07, 6.45) is 0. The second-order valence-corrected chi connectivity index (χ2v) is 7.78. The van der Waals surface area contributed by atoms with Gasteiger partial charge in [0.25, 0.3) is 0 Å². The highest BCUT2D eigenvalue weighted by molar-refractivity contribution is 6.42. The van der Waals surface area contributed by atoms with Crippen LogP contribution in [0.2, 0.25) is 10.0 Å². The third-order valence-electron chi connectivity index (χ3n) is 2.91. The number of Topliss-reactive ketones (excluding diaryl/α,β-unsaturated/α-hetero) is 2. The van der Waals surface area contributed by atoms with Gasteiger partial charge >= 0.3 is 0 Å². The smallest absolute Gasteiger partial charge is 0.168 e. The average Bonchev–Trinajstić information content (AvgIpc) is 2.27. The van der Waals surface area contributed by atoms with Gasteiger partial charge in [-0.25, -0.2) is 0 Å². The van der Waals surface area contributed by atoms with Crippen molar-refractivity contribution in [1.82, 2.24) is 0 Å². The number of rotatable bonds is 2. The fourth-order valence-corrected chi connectivity index (χ4v) is 2.06. The van der Waals surface area contributed by atoms with Crippen molar-refractivity contribution in [2.75, 3.05) is 0 Å². The monoisotopic (exact) mass is 314 g/mol. The molecular weight excluding hydrogens is 295 g/mol. The quantitative estimate of drug-likeness (QED) is 0.680. The maximum Gasteiger partial charge on any atom is 0.168 e. The fourth-order valence-electron chi connectivity index (χ4n) is 1.73. The zero-order valence-electron chi connectivity index (χ0n) is 12.7. The van der Waals surface area contributed by atoms with Crippen molar-refractivity contribution >= 4 is 34.8 Å². The third kappa shape index (κ3) is 3.62. The lowest BCUT2D eigenvalue weighted by Crippen LogP contribution is -2.27. The Morgan fingerprint density at radius 2 is 1.00 bits per heavy atom. The van der Waals surface area contributed by atoms with Crippen LogP contribution < -0.4 is 0 Å². The fraction of sp³-hybridized carbons (Fsp3) is 0.500. The summed E-state index contributed by atoms with van der Waals surface area (Å²) >= 11 is 12.0. The SMILES string of the molecule is CC(C)(C)C(=O)c1cc(Cl)c(Cl)cc1C(=O)C(C)(C)C. The molecule has 0 unspecified atom stereocenters. The standard InChI is InChI=1S/C16H20Cl2O2/c1-15(2,3)13(19)9-7-11(17)12(18)8-10(9)14(20)16(4,5)6/h7-8H,1-6H3. The molecule has 1 aromatic carbocycles. The Morgan fingerprint density at radius 1 is 0.750 bits per heavy atom. The molecule has 0 aromatic heterocycles. The lowest BCUT2D eigenvalue weighted by Gasteiger charge is -2.23. The van der Waals surface area contributed by atoms with Crippen LogP contribution in [0.1, 0.15) is 62.3 Å². The first-order valence-electron chi connectivity index (χ1n) is 6.44. The van der Waals surface area contributed by atoms with Gasteiger partial charge in [0.05, 0.1) is 10.0 Å². The third-order valence-corrected chi connectivity index (χ3v) is 3.63. The normalized spacial score (nSPS) is 12.4. The maximum absolute atomic E-state index is 12.5. The van der Waals surface area contributed by atoms with Crippen LogP contribution in [0, 0.1) is 10.8 Å². The topological polar surface area (TPSA) is 34.1 Å². The van der Waals surface area contributed by atoms with Gasteiger partial charge in [0.2, 0.25) is 0 Å². The van der Waals surface area contributed by atoms with Crippen molar-refractivity contribution < 1.29 is 9.59 Å². The van der Waals surface area contributed by atoms with Gasteiger partial charge in [-0.3, -0.25) is 9.59 Å². The van der Waals surface area contributed by atoms with Crippen LogP contribution in [0.4, 0.5) is 0 Å². The van der Waals surface area contributed by atoms with Crippen molar-refractivity contribution in [1.29, 1.82) is 0 Å². The second kappa shape index (κ2) is 5.50. The molecule has 0 aliphatic carbocycles.